The number of methoxy groups -OCH3 is 1. The van der Waals surface area contributed by atoms with Crippen LogP contribution in [0.3, 0.4) is 0 Å². The SMILES string of the molecule is COc1c(CN2O[C@@H](CO)[C@H]([C@H](C)O)[C@H]2C(=O)N[C@H]2C[C@H]3C[C@@H]([C@@H]2C)C3(C)C)cccc1-c1cc(C(=O)N[C@@H]2CCN(C)C2)cc(N(C)C)c1. The summed E-state index contributed by atoms with van der Waals surface area (Å²) in [5.74, 6) is 1.15. The van der Waals surface area contributed by atoms with E-state index in [4.69, 9.17) is 9.57 Å². The number of nitrogens with zero attached hydrogens (tertiary/aromatic N) is 3. The molecule has 7 rings (SSSR count). The number of likely N-dealkylation sites (tertiary alicyclic amines) is 1. The number of fused-ring (bicyclic) bond motifs is 2. The van der Waals surface area contributed by atoms with Crippen LogP contribution in [0.15, 0.2) is 36.4 Å². The summed E-state index contributed by atoms with van der Waals surface area (Å²) in [6.45, 7) is 10.2. The molecule has 4 N–H and O–H groups in total. The lowest BCUT2D eigenvalue weighted by Crippen LogP contribution is -2.62. The van der Waals surface area contributed by atoms with E-state index in [0.29, 0.717) is 34.5 Å². The average molecular weight is 692 g/mol. The van der Waals surface area contributed by atoms with Crippen molar-refractivity contribution in [1.82, 2.24) is 20.6 Å². The lowest BCUT2D eigenvalue weighted by molar-refractivity contribution is -0.183. The number of hydroxylamine groups is 2. The third-order valence-electron chi connectivity index (χ3n) is 12.4. The van der Waals surface area contributed by atoms with Crippen LogP contribution in [0.25, 0.3) is 11.1 Å². The quantitative estimate of drug-likeness (QED) is 0.280. The molecule has 274 valence electrons. The molecule has 2 heterocycles. The minimum Gasteiger partial charge on any atom is -0.496 e. The Labute approximate surface area is 297 Å². The number of para-hydroxylation sites is 1. The van der Waals surface area contributed by atoms with Crippen molar-refractivity contribution in [3.63, 3.8) is 0 Å². The molecule has 2 bridgehead atoms. The van der Waals surface area contributed by atoms with E-state index in [1.54, 1.807) is 19.1 Å². The van der Waals surface area contributed by atoms with E-state index >= 15 is 0 Å². The number of hydrogen-bond acceptors (Lipinski definition) is 9. The molecule has 5 aliphatic rings. The highest BCUT2D eigenvalue weighted by atomic mass is 16.7. The number of benzene rings is 2. The second-order valence-corrected chi connectivity index (χ2v) is 16.1. The number of nitrogens with one attached hydrogen (secondary N) is 2. The number of amides is 2. The summed E-state index contributed by atoms with van der Waals surface area (Å²) in [7, 11) is 7.57. The van der Waals surface area contributed by atoms with Crippen molar-refractivity contribution in [2.75, 3.05) is 52.8 Å². The molecule has 2 amide bonds. The van der Waals surface area contributed by atoms with E-state index in [1.807, 2.05) is 55.4 Å². The molecule has 11 heteroatoms. The number of carbonyl (C=O) groups is 2. The Morgan fingerprint density at radius 2 is 1.92 bits per heavy atom. The number of likely N-dealkylation sites (N-methyl/N-ethyl adjacent to an activating group) is 1. The van der Waals surface area contributed by atoms with Crippen LogP contribution >= 0.6 is 0 Å². The minimum atomic E-state index is -0.889. The number of aliphatic hydroxyl groups is 2. The molecule has 3 aliphatic carbocycles. The van der Waals surface area contributed by atoms with Crippen molar-refractivity contribution < 1.29 is 29.4 Å². The van der Waals surface area contributed by atoms with Gasteiger partial charge in [0.05, 0.1) is 26.4 Å². The van der Waals surface area contributed by atoms with Crippen LogP contribution in [-0.4, -0.2) is 110 Å². The maximum absolute atomic E-state index is 14.2. The fourth-order valence-corrected chi connectivity index (χ4v) is 9.31. The molecule has 2 aliphatic heterocycles. The summed E-state index contributed by atoms with van der Waals surface area (Å²) in [4.78, 5) is 38.2. The van der Waals surface area contributed by atoms with Crippen LogP contribution in [0, 0.1) is 29.1 Å². The Morgan fingerprint density at radius 1 is 1.16 bits per heavy atom. The highest BCUT2D eigenvalue weighted by Crippen LogP contribution is 2.61. The van der Waals surface area contributed by atoms with Crippen molar-refractivity contribution >= 4 is 17.5 Å². The van der Waals surface area contributed by atoms with E-state index in [-0.39, 0.29) is 37.0 Å². The number of ether oxygens (including phenoxy) is 1. The van der Waals surface area contributed by atoms with Gasteiger partial charge in [0.1, 0.15) is 17.9 Å². The van der Waals surface area contributed by atoms with Gasteiger partial charge in [-0.25, -0.2) is 0 Å². The maximum atomic E-state index is 14.2. The molecular formula is C39H57N5O6. The van der Waals surface area contributed by atoms with Crippen LogP contribution in [0.1, 0.15) is 62.9 Å². The third-order valence-corrected chi connectivity index (χ3v) is 12.4. The van der Waals surface area contributed by atoms with Gasteiger partial charge in [-0.2, -0.15) is 5.06 Å². The first-order valence-electron chi connectivity index (χ1n) is 18.2. The third kappa shape index (κ3) is 6.87. The summed E-state index contributed by atoms with van der Waals surface area (Å²) >= 11 is 0. The van der Waals surface area contributed by atoms with E-state index < -0.39 is 24.2 Å². The molecule has 5 fully saturated rings. The molecule has 2 saturated heterocycles. The first kappa shape index (κ1) is 36.6. The molecule has 0 spiro atoms. The largest absolute Gasteiger partial charge is 0.496 e. The predicted molar refractivity (Wildman–Crippen MR) is 194 cm³/mol. The second kappa shape index (κ2) is 14.4. The summed E-state index contributed by atoms with van der Waals surface area (Å²) < 4.78 is 6.05. The Kier molecular flexibility index (Phi) is 10.5. The molecular weight excluding hydrogens is 634 g/mol. The number of aliphatic hydroxyl groups excluding tert-OH is 2. The van der Waals surface area contributed by atoms with Crippen molar-refractivity contribution in [2.24, 2.45) is 29.1 Å². The normalized spacial score (nSPS) is 31.2. The molecule has 0 radical (unpaired) electrons. The summed E-state index contributed by atoms with van der Waals surface area (Å²) in [5.41, 5.74) is 4.13. The van der Waals surface area contributed by atoms with E-state index in [2.05, 4.69) is 43.4 Å². The molecule has 9 atom stereocenters. The molecule has 3 saturated carbocycles. The van der Waals surface area contributed by atoms with Gasteiger partial charge in [-0.15, -0.1) is 0 Å². The maximum Gasteiger partial charge on any atom is 0.251 e. The molecule has 0 aromatic heterocycles. The smallest absolute Gasteiger partial charge is 0.251 e. The highest BCUT2D eigenvalue weighted by Gasteiger charge is 2.57. The number of carbonyl (C=O) groups excluding carboxylic acids is 2. The van der Waals surface area contributed by atoms with Crippen molar-refractivity contribution in [3.8, 4) is 16.9 Å². The minimum absolute atomic E-state index is 0.0479. The number of anilines is 1. The lowest BCUT2D eigenvalue weighted by atomic mass is 9.45. The van der Waals surface area contributed by atoms with E-state index in [9.17, 15) is 19.8 Å². The molecule has 2 aromatic carbocycles. The zero-order chi connectivity index (χ0) is 36.1. The summed E-state index contributed by atoms with van der Waals surface area (Å²) in [5, 5.41) is 29.4. The van der Waals surface area contributed by atoms with Crippen LogP contribution < -0.4 is 20.3 Å². The molecule has 11 nitrogen and oxygen atoms in total. The zero-order valence-corrected chi connectivity index (χ0v) is 31.0. The number of rotatable bonds is 11. The first-order valence-corrected chi connectivity index (χ1v) is 18.2. The van der Waals surface area contributed by atoms with Crippen LogP contribution in [0.4, 0.5) is 5.69 Å². The predicted octanol–water partition coefficient (Wildman–Crippen LogP) is 3.52. The van der Waals surface area contributed by atoms with Gasteiger partial charge in [-0.1, -0.05) is 39.0 Å². The van der Waals surface area contributed by atoms with Crippen molar-refractivity contribution in [3.05, 3.63) is 47.5 Å². The van der Waals surface area contributed by atoms with Gasteiger partial charge in [0.2, 0.25) is 5.91 Å². The number of hydrogen-bond donors (Lipinski definition) is 4. The Hall–Kier alpha value is -3.22. The van der Waals surface area contributed by atoms with Gasteiger partial charge < -0.3 is 35.4 Å². The summed E-state index contributed by atoms with van der Waals surface area (Å²) in [6.07, 6.45) is 1.43. The Morgan fingerprint density at radius 3 is 2.52 bits per heavy atom. The van der Waals surface area contributed by atoms with Crippen LogP contribution in [-0.2, 0) is 16.2 Å². The second-order valence-electron chi connectivity index (χ2n) is 16.1. The molecule has 2 aromatic rings. The van der Waals surface area contributed by atoms with Gasteiger partial charge in [0.15, 0.2) is 0 Å². The van der Waals surface area contributed by atoms with Gasteiger partial charge >= 0.3 is 0 Å². The fraction of sp³-hybridized carbons (Fsp3) is 0.641. The standard InChI is InChI=1S/C39H57N5O6/c1-22-31-17-27(39(31,3)4)18-32(22)41-38(48)35-34(23(2)46)33(21-45)50-44(35)19-24-10-9-11-30(36(24)49-8)25-14-26(16-29(15-25)42(5)6)37(47)40-28-12-13-43(7)20-28/h9-11,14-16,22-23,27-28,31-35,45-46H,12-13,17-21H2,1-8H3,(H,40,47)(H,41,48)/t22-,23-,27+,28+,31-,32-,33-,34-,35-/m0/s1. The van der Waals surface area contributed by atoms with E-state index in [1.165, 1.54) is 6.42 Å². The lowest BCUT2D eigenvalue weighted by Gasteiger charge is -2.62. The van der Waals surface area contributed by atoms with E-state index in [0.717, 1.165) is 48.3 Å². The fourth-order valence-electron chi connectivity index (χ4n) is 9.31. The highest BCUT2D eigenvalue weighted by molar-refractivity contribution is 5.97. The molecule has 50 heavy (non-hydrogen) atoms. The monoisotopic (exact) mass is 691 g/mol. The van der Waals surface area contributed by atoms with Crippen LogP contribution in [0.5, 0.6) is 5.75 Å². The zero-order valence-electron chi connectivity index (χ0n) is 31.0. The Bertz CT molecular complexity index is 1560. The Balaban J connectivity index is 1.28. The average Bonchev–Trinajstić information content (AvgIpc) is 3.67. The topological polar surface area (TPSA) is 127 Å². The first-order chi connectivity index (χ1) is 23.7. The van der Waals surface area contributed by atoms with Crippen LogP contribution in [0.2, 0.25) is 0 Å². The molecule has 0 unspecified atom stereocenters. The summed E-state index contributed by atoms with van der Waals surface area (Å²) in [6, 6.07) is 11.0. The van der Waals surface area contributed by atoms with Crippen molar-refractivity contribution in [1.29, 1.82) is 0 Å². The van der Waals surface area contributed by atoms with Gasteiger partial charge in [0, 0.05) is 61.0 Å². The van der Waals surface area contributed by atoms with Gasteiger partial charge in [0.25, 0.3) is 5.91 Å². The van der Waals surface area contributed by atoms with Crippen molar-refractivity contribution in [2.45, 2.75) is 83.8 Å². The van der Waals surface area contributed by atoms with Gasteiger partial charge in [-0.05, 0) is 86.7 Å². The van der Waals surface area contributed by atoms with Gasteiger partial charge in [-0.3, -0.25) is 14.4 Å².